The first-order valence-corrected chi connectivity index (χ1v) is 6.96. The van der Waals surface area contributed by atoms with Gasteiger partial charge >= 0.3 is 0 Å². The summed E-state index contributed by atoms with van der Waals surface area (Å²) in [5.41, 5.74) is 1.64. The van der Waals surface area contributed by atoms with Crippen LogP contribution in [-0.4, -0.2) is 13.2 Å². The third kappa shape index (κ3) is 2.86. The Morgan fingerprint density at radius 3 is 2.78 bits per heavy atom. The van der Waals surface area contributed by atoms with Gasteiger partial charge in [-0.15, -0.1) is 0 Å². The standard InChI is InChI=1S/C16H25NO/c1-12(2)16(3,4)11-17-14-9-10-18-15-8-6-5-7-13(14)15/h5-8,12,14,17H,9-11H2,1-4H3. The Kier molecular flexibility index (Phi) is 3.96. The zero-order valence-electron chi connectivity index (χ0n) is 12.0. The highest BCUT2D eigenvalue weighted by atomic mass is 16.5. The fraction of sp³-hybridized carbons (Fsp3) is 0.625. The van der Waals surface area contributed by atoms with Crippen LogP contribution in [0.25, 0.3) is 0 Å². The SMILES string of the molecule is CC(C)C(C)(C)CNC1CCOc2ccccc21. The molecule has 0 saturated heterocycles. The molecule has 0 radical (unpaired) electrons. The minimum atomic E-state index is 0.327. The van der Waals surface area contributed by atoms with E-state index in [1.54, 1.807) is 0 Å². The average Bonchev–Trinajstić information content (AvgIpc) is 2.36. The van der Waals surface area contributed by atoms with Gasteiger partial charge in [0, 0.05) is 24.6 Å². The predicted molar refractivity (Wildman–Crippen MR) is 75.9 cm³/mol. The van der Waals surface area contributed by atoms with E-state index in [0.717, 1.165) is 25.3 Å². The van der Waals surface area contributed by atoms with E-state index in [0.29, 0.717) is 17.4 Å². The number of hydrogen-bond donors (Lipinski definition) is 1. The van der Waals surface area contributed by atoms with Gasteiger partial charge in [-0.25, -0.2) is 0 Å². The van der Waals surface area contributed by atoms with Crippen LogP contribution >= 0.6 is 0 Å². The number of rotatable bonds is 4. The largest absolute Gasteiger partial charge is 0.493 e. The molecule has 18 heavy (non-hydrogen) atoms. The molecule has 2 heteroatoms. The summed E-state index contributed by atoms with van der Waals surface area (Å²) in [4.78, 5) is 0. The molecule has 100 valence electrons. The molecular formula is C16H25NO. The third-order valence-corrected chi connectivity index (χ3v) is 4.33. The van der Waals surface area contributed by atoms with Gasteiger partial charge in [-0.1, -0.05) is 45.9 Å². The van der Waals surface area contributed by atoms with Crippen molar-refractivity contribution in [3.05, 3.63) is 29.8 Å². The van der Waals surface area contributed by atoms with E-state index < -0.39 is 0 Å². The van der Waals surface area contributed by atoms with Crippen molar-refractivity contribution in [3.63, 3.8) is 0 Å². The lowest BCUT2D eigenvalue weighted by atomic mass is 9.81. The average molecular weight is 247 g/mol. The van der Waals surface area contributed by atoms with Crippen LogP contribution in [0.2, 0.25) is 0 Å². The number of fused-ring (bicyclic) bond motifs is 1. The summed E-state index contributed by atoms with van der Waals surface area (Å²) in [5, 5.41) is 3.72. The molecule has 1 aliphatic heterocycles. The Hall–Kier alpha value is -1.02. The highest BCUT2D eigenvalue weighted by molar-refractivity contribution is 5.37. The first kappa shape index (κ1) is 13.4. The van der Waals surface area contributed by atoms with Crippen LogP contribution in [0.5, 0.6) is 5.75 Å². The molecule has 1 aromatic rings. The lowest BCUT2D eigenvalue weighted by Gasteiger charge is -2.34. The molecule has 2 nitrogen and oxygen atoms in total. The van der Waals surface area contributed by atoms with Crippen LogP contribution in [0, 0.1) is 11.3 Å². The van der Waals surface area contributed by atoms with Crippen LogP contribution < -0.4 is 10.1 Å². The molecule has 2 rings (SSSR count). The number of nitrogens with one attached hydrogen (secondary N) is 1. The Labute approximate surface area is 111 Å². The summed E-state index contributed by atoms with van der Waals surface area (Å²) < 4.78 is 5.69. The Balaban J connectivity index is 2.04. The maximum Gasteiger partial charge on any atom is 0.124 e. The number of para-hydroxylation sites is 1. The normalized spacial score (nSPS) is 19.5. The molecule has 1 atom stereocenters. The maximum atomic E-state index is 5.69. The lowest BCUT2D eigenvalue weighted by Crippen LogP contribution is -2.37. The van der Waals surface area contributed by atoms with Gasteiger partial charge in [-0.2, -0.15) is 0 Å². The molecule has 1 heterocycles. The van der Waals surface area contributed by atoms with Gasteiger partial charge in [0.2, 0.25) is 0 Å². The monoisotopic (exact) mass is 247 g/mol. The molecule has 0 aromatic heterocycles. The minimum absolute atomic E-state index is 0.327. The van der Waals surface area contributed by atoms with Crippen molar-refractivity contribution in [2.24, 2.45) is 11.3 Å². The lowest BCUT2D eigenvalue weighted by molar-refractivity contribution is 0.203. The van der Waals surface area contributed by atoms with Gasteiger partial charge in [0.05, 0.1) is 6.61 Å². The fourth-order valence-electron chi connectivity index (χ4n) is 2.14. The van der Waals surface area contributed by atoms with Gasteiger partial charge in [0.25, 0.3) is 0 Å². The van der Waals surface area contributed by atoms with Crippen molar-refractivity contribution >= 4 is 0 Å². The van der Waals surface area contributed by atoms with Gasteiger partial charge in [0.1, 0.15) is 5.75 Å². The highest BCUT2D eigenvalue weighted by Gasteiger charge is 2.26. The molecule has 0 spiro atoms. The zero-order valence-corrected chi connectivity index (χ0v) is 12.0. The molecule has 1 aliphatic rings. The van der Waals surface area contributed by atoms with Crippen molar-refractivity contribution in [2.45, 2.75) is 40.2 Å². The van der Waals surface area contributed by atoms with E-state index in [4.69, 9.17) is 4.74 Å². The number of hydrogen-bond acceptors (Lipinski definition) is 2. The number of ether oxygens (including phenoxy) is 1. The molecule has 0 bridgehead atoms. The van der Waals surface area contributed by atoms with Gasteiger partial charge in [0.15, 0.2) is 0 Å². The van der Waals surface area contributed by atoms with Crippen LogP contribution in [-0.2, 0) is 0 Å². The molecule has 1 N–H and O–H groups in total. The van der Waals surface area contributed by atoms with Crippen molar-refractivity contribution in [1.29, 1.82) is 0 Å². The van der Waals surface area contributed by atoms with Crippen LogP contribution in [0.4, 0.5) is 0 Å². The van der Waals surface area contributed by atoms with E-state index >= 15 is 0 Å². The van der Waals surface area contributed by atoms with Gasteiger partial charge in [-0.05, 0) is 17.4 Å². The molecule has 0 fully saturated rings. The van der Waals surface area contributed by atoms with E-state index in [2.05, 4.69) is 51.2 Å². The van der Waals surface area contributed by atoms with Crippen LogP contribution in [0.1, 0.15) is 45.7 Å². The van der Waals surface area contributed by atoms with E-state index in [1.165, 1.54) is 5.56 Å². The molecule has 0 saturated carbocycles. The summed E-state index contributed by atoms with van der Waals surface area (Å²) >= 11 is 0. The molecule has 1 aromatic carbocycles. The Bertz CT molecular complexity index is 398. The van der Waals surface area contributed by atoms with Crippen molar-refractivity contribution in [2.75, 3.05) is 13.2 Å². The van der Waals surface area contributed by atoms with E-state index in [-0.39, 0.29) is 0 Å². The minimum Gasteiger partial charge on any atom is -0.493 e. The molecule has 1 unspecified atom stereocenters. The first-order valence-electron chi connectivity index (χ1n) is 6.96. The highest BCUT2D eigenvalue weighted by Crippen LogP contribution is 2.33. The van der Waals surface area contributed by atoms with Crippen molar-refractivity contribution in [3.8, 4) is 5.75 Å². The van der Waals surface area contributed by atoms with Crippen LogP contribution in [0.15, 0.2) is 24.3 Å². The quantitative estimate of drug-likeness (QED) is 0.874. The summed E-state index contributed by atoms with van der Waals surface area (Å²) in [6.45, 7) is 11.1. The Morgan fingerprint density at radius 2 is 2.06 bits per heavy atom. The van der Waals surface area contributed by atoms with Gasteiger partial charge < -0.3 is 10.1 Å². The Morgan fingerprint density at radius 1 is 1.33 bits per heavy atom. The van der Waals surface area contributed by atoms with Crippen LogP contribution in [0.3, 0.4) is 0 Å². The molecule has 0 amide bonds. The summed E-state index contributed by atoms with van der Waals surface area (Å²) in [6, 6.07) is 8.81. The topological polar surface area (TPSA) is 21.3 Å². The second-order valence-electron chi connectivity index (χ2n) is 6.25. The maximum absolute atomic E-state index is 5.69. The fourth-order valence-corrected chi connectivity index (χ4v) is 2.14. The summed E-state index contributed by atoms with van der Waals surface area (Å²) in [7, 11) is 0. The van der Waals surface area contributed by atoms with E-state index in [9.17, 15) is 0 Å². The zero-order chi connectivity index (χ0) is 13.2. The smallest absolute Gasteiger partial charge is 0.124 e. The second-order valence-corrected chi connectivity index (χ2v) is 6.25. The third-order valence-electron chi connectivity index (χ3n) is 4.33. The summed E-state index contributed by atoms with van der Waals surface area (Å²) in [5.74, 6) is 1.73. The van der Waals surface area contributed by atoms with E-state index in [1.807, 2.05) is 6.07 Å². The summed E-state index contributed by atoms with van der Waals surface area (Å²) in [6.07, 6.45) is 1.06. The predicted octanol–water partition coefficient (Wildman–Crippen LogP) is 3.78. The molecular weight excluding hydrogens is 222 g/mol. The van der Waals surface area contributed by atoms with Gasteiger partial charge in [-0.3, -0.25) is 0 Å². The van der Waals surface area contributed by atoms with Crippen molar-refractivity contribution in [1.82, 2.24) is 5.32 Å². The number of benzene rings is 1. The molecule has 0 aliphatic carbocycles. The van der Waals surface area contributed by atoms with Crippen molar-refractivity contribution < 1.29 is 4.74 Å². The second kappa shape index (κ2) is 5.31. The first-order chi connectivity index (χ1) is 8.50.